The van der Waals surface area contributed by atoms with Gasteiger partial charge in [-0.15, -0.1) is 0 Å². The molecular weight excluding hydrogens is 318 g/mol. The minimum atomic E-state index is 0.735. The quantitative estimate of drug-likeness (QED) is 0.719. The van der Waals surface area contributed by atoms with Crippen molar-refractivity contribution in [3.8, 4) is 0 Å². The number of aryl methyl sites for hydroxylation is 2. The van der Waals surface area contributed by atoms with Crippen molar-refractivity contribution < 1.29 is 0 Å². The predicted molar refractivity (Wildman–Crippen MR) is 113 cm³/mol. The van der Waals surface area contributed by atoms with E-state index in [0.29, 0.717) is 0 Å². The highest BCUT2D eigenvalue weighted by Crippen LogP contribution is 2.28. The second-order valence-corrected chi connectivity index (χ2v) is 7.14. The smallest absolute Gasteiger partial charge is 0.101 e. The summed E-state index contributed by atoms with van der Waals surface area (Å²) in [6, 6.07) is 15.1. The first-order valence-electron chi connectivity index (χ1n) is 9.98. The molecule has 0 aromatic heterocycles. The highest BCUT2D eigenvalue weighted by atomic mass is 15.0. The number of rotatable bonds is 3. The highest BCUT2D eigenvalue weighted by molar-refractivity contribution is 5.98. The number of aliphatic imine (C=N–C) groups is 1. The number of hydrogen-bond acceptors (Lipinski definition) is 2. The van der Waals surface area contributed by atoms with Crippen LogP contribution in [0.2, 0.25) is 0 Å². The van der Waals surface area contributed by atoms with Gasteiger partial charge in [0, 0.05) is 13.0 Å². The van der Waals surface area contributed by atoms with Crippen molar-refractivity contribution in [2.45, 2.75) is 58.9 Å². The molecular formula is C23H31N3. The van der Waals surface area contributed by atoms with Crippen LogP contribution in [0.25, 0.3) is 0 Å². The molecule has 26 heavy (non-hydrogen) atoms. The van der Waals surface area contributed by atoms with Gasteiger partial charge in [0.2, 0.25) is 0 Å². The van der Waals surface area contributed by atoms with Gasteiger partial charge in [-0.05, 0) is 55.0 Å². The summed E-state index contributed by atoms with van der Waals surface area (Å²) in [7, 11) is 0. The molecule has 0 atom stereocenters. The number of nitrogens with one attached hydrogen (secondary N) is 2. The Hall–Kier alpha value is -2.29. The number of anilines is 2. The lowest BCUT2D eigenvalue weighted by atomic mass is 10.0. The summed E-state index contributed by atoms with van der Waals surface area (Å²) in [6.07, 6.45) is 7.04. The number of nitrogens with zero attached hydrogens (tertiary/aromatic N) is 1. The molecule has 138 valence electrons. The molecule has 1 aliphatic rings. The Labute approximate surface area is 157 Å². The highest BCUT2D eigenvalue weighted by Gasteiger charge is 2.10. The van der Waals surface area contributed by atoms with E-state index in [1.54, 1.807) is 0 Å². The summed E-state index contributed by atoms with van der Waals surface area (Å²) < 4.78 is 0. The van der Waals surface area contributed by atoms with Gasteiger partial charge in [0.1, 0.15) is 5.84 Å². The summed E-state index contributed by atoms with van der Waals surface area (Å²) >= 11 is 0. The van der Waals surface area contributed by atoms with Gasteiger partial charge < -0.3 is 10.6 Å². The molecule has 0 bridgehead atoms. The molecule has 0 fully saturated rings. The second kappa shape index (κ2) is 9.42. The van der Waals surface area contributed by atoms with Crippen molar-refractivity contribution >= 4 is 17.2 Å². The minimum Gasteiger partial charge on any atom is -0.383 e. The molecule has 0 amide bonds. The van der Waals surface area contributed by atoms with Gasteiger partial charge in [-0.1, -0.05) is 50.1 Å². The Bertz CT molecular complexity index is 735. The molecule has 2 aromatic rings. The van der Waals surface area contributed by atoms with E-state index in [0.717, 1.165) is 31.8 Å². The summed E-state index contributed by atoms with van der Waals surface area (Å²) in [4.78, 5) is 4.91. The van der Waals surface area contributed by atoms with Gasteiger partial charge in [0.25, 0.3) is 0 Å². The molecule has 3 rings (SSSR count). The van der Waals surface area contributed by atoms with Crippen LogP contribution in [-0.4, -0.2) is 12.4 Å². The van der Waals surface area contributed by atoms with Crippen LogP contribution in [0.4, 0.5) is 11.4 Å². The van der Waals surface area contributed by atoms with Crippen LogP contribution in [0.1, 0.15) is 55.7 Å². The van der Waals surface area contributed by atoms with E-state index < -0.39 is 0 Å². The first-order valence-corrected chi connectivity index (χ1v) is 9.98. The fraction of sp³-hybridized carbons (Fsp3) is 0.435. The fourth-order valence-electron chi connectivity index (χ4n) is 3.48. The van der Waals surface area contributed by atoms with Crippen LogP contribution in [0.5, 0.6) is 0 Å². The van der Waals surface area contributed by atoms with Crippen LogP contribution in [0.3, 0.4) is 0 Å². The van der Waals surface area contributed by atoms with Crippen LogP contribution < -0.4 is 10.6 Å². The molecule has 0 radical (unpaired) electrons. The third kappa shape index (κ3) is 5.10. The fourth-order valence-corrected chi connectivity index (χ4v) is 3.48. The lowest BCUT2D eigenvalue weighted by molar-refractivity contribution is 0.668. The Morgan fingerprint density at radius 1 is 0.962 bits per heavy atom. The number of fused-ring (bicyclic) bond motifs is 1. The van der Waals surface area contributed by atoms with Crippen molar-refractivity contribution in [3.63, 3.8) is 0 Å². The van der Waals surface area contributed by atoms with E-state index >= 15 is 0 Å². The molecule has 2 N–H and O–H groups in total. The second-order valence-electron chi connectivity index (χ2n) is 7.14. The summed E-state index contributed by atoms with van der Waals surface area (Å²) in [5.74, 6) is 1.10. The van der Waals surface area contributed by atoms with Gasteiger partial charge in [-0.2, -0.15) is 0 Å². The van der Waals surface area contributed by atoms with Gasteiger partial charge in [-0.3, -0.25) is 4.99 Å². The average Bonchev–Trinajstić information content (AvgIpc) is 2.71. The molecule has 1 aliphatic heterocycles. The normalized spacial score (nSPS) is 16.9. The third-order valence-electron chi connectivity index (χ3n) is 5.09. The summed E-state index contributed by atoms with van der Waals surface area (Å²) in [6.45, 7) is 6.20. The summed E-state index contributed by atoms with van der Waals surface area (Å²) in [5.41, 5.74) is 6.39. The largest absolute Gasteiger partial charge is 0.383 e. The first kappa shape index (κ1) is 18.5. The van der Waals surface area contributed by atoms with Crippen molar-refractivity contribution in [3.05, 3.63) is 59.2 Å². The molecule has 2 aromatic carbocycles. The molecule has 0 saturated carbocycles. The molecule has 0 spiro atoms. The Kier molecular flexibility index (Phi) is 6.70. The van der Waals surface area contributed by atoms with Crippen LogP contribution >= 0.6 is 0 Å². The van der Waals surface area contributed by atoms with Gasteiger partial charge >= 0.3 is 0 Å². The topological polar surface area (TPSA) is 36.4 Å². The van der Waals surface area contributed by atoms with Gasteiger partial charge in [0.05, 0.1) is 17.9 Å². The van der Waals surface area contributed by atoms with Crippen LogP contribution in [0.15, 0.2) is 47.5 Å². The maximum atomic E-state index is 4.91. The first-order chi connectivity index (χ1) is 12.8. The molecule has 0 saturated heterocycles. The third-order valence-corrected chi connectivity index (χ3v) is 5.09. The minimum absolute atomic E-state index is 0.735. The molecule has 0 aliphatic carbocycles. The van der Waals surface area contributed by atoms with Crippen molar-refractivity contribution in [2.75, 3.05) is 17.2 Å². The SMILES string of the molecule is CCc1cc2c(cc1C)NCCCCCCC(=NCc1ccccc1)N2. The average molecular weight is 350 g/mol. The molecule has 0 unspecified atom stereocenters. The summed E-state index contributed by atoms with van der Waals surface area (Å²) in [5, 5.41) is 7.28. The predicted octanol–water partition coefficient (Wildman–Crippen LogP) is 5.94. The standard InChI is InChI=1S/C23H31N3/c1-3-20-16-22-21(15-18(20)2)24-14-10-5-4-9-13-23(26-22)25-17-19-11-7-6-8-12-19/h6-8,11-12,15-16,24H,3-5,9-10,13-14,17H2,1-2H3,(H,25,26). The monoisotopic (exact) mass is 349 g/mol. The zero-order chi connectivity index (χ0) is 18.2. The zero-order valence-corrected chi connectivity index (χ0v) is 16.1. The Balaban J connectivity index is 1.87. The number of benzene rings is 2. The Morgan fingerprint density at radius 3 is 2.58 bits per heavy atom. The maximum Gasteiger partial charge on any atom is 0.101 e. The van der Waals surface area contributed by atoms with Crippen molar-refractivity contribution in [1.29, 1.82) is 0 Å². The maximum absolute atomic E-state index is 4.91. The van der Waals surface area contributed by atoms with E-state index in [4.69, 9.17) is 4.99 Å². The van der Waals surface area contributed by atoms with Gasteiger partial charge in [0.15, 0.2) is 0 Å². The molecule has 1 heterocycles. The van der Waals surface area contributed by atoms with Crippen molar-refractivity contribution in [1.82, 2.24) is 0 Å². The van der Waals surface area contributed by atoms with E-state index in [1.165, 1.54) is 53.7 Å². The molecule has 3 heteroatoms. The lowest BCUT2D eigenvalue weighted by Crippen LogP contribution is -2.14. The van der Waals surface area contributed by atoms with E-state index in [9.17, 15) is 0 Å². The lowest BCUT2D eigenvalue weighted by Gasteiger charge is -2.18. The Morgan fingerprint density at radius 2 is 1.77 bits per heavy atom. The van der Waals surface area contributed by atoms with E-state index in [2.05, 4.69) is 66.9 Å². The van der Waals surface area contributed by atoms with E-state index in [-0.39, 0.29) is 0 Å². The van der Waals surface area contributed by atoms with Crippen LogP contribution in [0, 0.1) is 6.92 Å². The number of hydrogen-bond donors (Lipinski definition) is 2. The zero-order valence-electron chi connectivity index (χ0n) is 16.1. The van der Waals surface area contributed by atoms with Gasteiger partial charge in [-0.25, -0.2) is 0 Å². The molecule has 3 nitrogen and oxygen atoms in total. The van der Waals surface area contributed by atoms with Crippen LogP contribution in [-0.2, 0) is 13.0 Å². The van der Waals surface area contributed by atoms with Crippen molar-refractivity contribution in [2.24, 2.45) is 4.99 Å². The van der Waals surface area contributed by atoms with E-state index in [1.807, 2.05) is 0 Å². The number of amidine groups is 1.